The normalized spacial score (nSPS) is 18.4. The summed E-state index contributed by atoms with van der Waals surface area (Å²) in [6, 6.07) is 4.81. The quantitative estimate of drug-likeness (QED) is 0.906. The van der Waals surface area contributed by atoms with Crippen LogP contribution in [0.5, 0.6) is 0 Å². The molecule has 1 aliphatic rings. The first-order valence-corrected chi connectivity index (χ1v) is 8.57. The van der Waals surface area contributed by atoms with Gasteiger partial charge >= 0.3 is 0 Å². The van der Waals surface area contributed by atoms with Crippen LogP contribution < -0.4 is 4.31 Å². The van der Waals surface area contributed by atoms with Gasteiger partial charge in [0, 0.05) is 17.1 Å². The van der Waals surface area contributed by atoms with Gasteiger partial charge in [-0.3, -0.25) is 4.31 Å². The van der Waals surface area contributed by atoms with Crippen molar-refractivity contribution in [2.75, 3.05) is 10.8 Å². The molecule has 6 nitrogen and oxygen atoms in total. The smallest absolute Gasteiger partial charge is 0.269 e. The van der Waals surface area contributed by atoms with Crippen molar-refractivity contribution in [2.24, 2.45) is 0 Å². The molecule has 1 aliphatic heterocycles. The maximum atomic E-state index is 13.0. The summed E-state index contributed by atoms with van der Waals surface area (Å²) in [5.41, 5.74) is 1.26. The molecule has 0 aliphatic carbocycles. The van der Waals surface area contributed by atoms with E-state index in [0.717, 1.165) is 0 Å². The van der Waals surface area contributed by atoms with E-state index in [1.165, 1.54) is 4.31 Å². The zero-order chi connectivity index (χ0) is 16.1. The highest BCUT2D eigenvalue weighted by molar-refractivity contribution is 7.93. The summed E-state index contributed by atoms with van der Waals surface area (Å²) < 4.78 is 32.2. The van der Waals surface area contributed by atoms with E-state index in [9.17, 15) is 13.5 Å². The number of hydrogen-bond acceptors (Lipinski definition) is 5. The van der Waals surface area contributed by atoms with Crippen molar-refractivity contribution in [3.8, 4) is 0 Å². The van der Waals surface area contributed by atoms with Gasteiger partial charge in [-0.2, -0.15) is 0 Å². The van der Waals surface area contributed by atoms with Gasteiger partial charge in [0.25, 0.3) is 10.0 Å². The van der Waals surface area contributed by atoms with E-state index < -0.39 is 16.1 Å². The van der Waals surface area contributed by atoms with Gasteiger partial charge in [0.1, 0.15) is 5.69 Å². The van der Waals surface area contributed by atoms with Gasteiger partial charge in [0.05, 0.1) is 11.8 Å². The first-order chi connectivity index (χ1) is 10.3. The molecule has 1 aromatic heterocycles. The van der Waals surface area contributed by atoms with Crippen LogP contribution in [0.25, 0.3) is 0 Å². The van der Waals surface area contributed by atoms with Crippen LogP contribution in [-0.2, 0) is 10.0 Å². The maximum Gasteiger partial charge on any atom is 0.269 e. The van der Waals surface area contributed by atoms with Gasteiger partial charge in [-0.15, -0.1) is 0 Å². The molecule has 3 rings (SSSR count). The molecule has 0 spiro atoms. The fourth-order valence-corrected chi connectivity index (χ4v) is 4.72. The maximum absolute atomic E-state index is 13.0. The molecule has 0 radical (unpaired) electrons. The van der Waals surface area contributed by atoms with E-state index in [0.29, 0.717) is 28.4 Å². The number of rotatable bonds is 2. The van der Waals surface area contributed by atoms with Crippen LogP contribution in [0.4, 0.5) is 5.69 Å². The van der Waals surface area contributed by atoms with Crippen molar-refractivity contribution in [2.45, 2.75) is 31.3 Å². The SMILES string of the molecule is Cc1noc(C)c1S(=O)(=O)N1CCC(O)c2cc(Cl)ccc21. The zero-order valence-corrected chi connectivity index (χ0v) is 13.6. The standard InChI is InChI=1S/C14H15ClN2O4S/c1-8-14(9(2)21-16-8)22(19,20)17-6-5-13(18)11-7-10(15)3-4-12(11)17/h3-4,7,13,18H,5-6H2,1-2H3. The summed E-state index contributed by atoms with van der Waals surface area (Å²) in [5, 5.41) is 14.3. The molecular weight excluding hydrogens is 328 g/mol. The second-order valence-corrected chi connectivity index (χ2v) is 7.47. The molecule has 118 valence electrons. The molecule has 0 bridgehead atoms. The molecular formula is C14H15ClN2O4S. The van der Waals surface area contributed by atoms with Gasteiger partial charge in [-0.25, -0.2) is 8.42 Å². The third-order valence-corrected chi connectivity index (χ3v) is 6.03. The Morgan fingerprint density at radius 2 is 2.14 bits per heavy atom. The van der Waals surface area contributed by atoms with Gasteiger partial charge in [0.2, 0.25) is 0 Å². The fraction of sp³-hybridized carbons (Fsp3) is 0.357. The molecule has 2 heterocycles. The van der Waals surface area contributed by atoms with E-state index in [2.05, 4.69) is 5.16 Å². The van der Waals surface area contributed by atoms with Gasteiger partial charge in [-0.1, -0.05) is 16.8 Å². The van der Waals surface area contributed by atoms with Crippen molar-refractivity contribution in [1.82, 2.24) is 5.16 Å². The van der Waals surface area contributed by atoms with Crippen LogP contribution in [0, 0.1) is 13.8 Å². The lowest BCUT2D eigenvalue weighted by Crippen LogP contribution is -2.37. The van der Waals surface area contributed by atoms with Crippen molar-refractivity contribution in [1.29, 1.82) is 0 Å². The van der Waals surface area contributed by atoms with Crippen LogP contribution >= 0.6 is 11.6 Å². The Morgan fingerprint density at radius 1 is 1.41 bits per heavy atom. The number of fused-ring (bicyclic) bond motifs is 1. The van der Waals surface area contributed by atoms with Crippen LogP contribution in [-0.4, -0.2) is 25.2 Å². The molecule has 0 fully saturated rings. The zero-order valence-electron chi connectivity index (χ0n) is 12.1. The van der Waals surface area contributed by atoms with Crippen molar-refractivity contribution < 1.29 is 18.0 Å². The molecule has 8 heteroatoms. The number of benzene rings is 1. The molecule has 0 saturated carbocycles. The van der Waals surface area contributed by atoms with Gasteiger partial charge < -0.3 is 9.63 Å². The summed E-state index contributed by atoms with van der Waals surface area (Å²) in [6.07, 6.45) is -0.430. The minimum Gasteiger partial charge on any atom is -0.388 e. The van der Waals surface area contributed by atoms with Crippen molar-refractivity contribution in [3.63, 3.8) is 0 Å². The number of aromatic nitrogens is 1. The lowest BCUT2D eigenvalue weighted by molar-refractivity contribution is 0.166. The number of aliphatic hydroxyl groups is 1. The molecule has 1 aromatic carbocycles. The Balaban J connectivity index is 2.16. The predicted octanol–water partition coefficient (Wildman–Crippen LogP) is 2.58. The number of aryl methyl sites for hydroxylation is 2. The monoisotopic (exact) mass is 342 g/mol. The Labute approximate surface area is 133 Å². The van der Waals surface area contributed by atoms with Crippen molar-refractivity contribution in [3.05, 3.63) is 40.2 Å². The van der Waals surface area contributed by atoms with E-state index in [1.54, 1.807) is 32.0 Å². The molecule has 0 amide bonds. The second-order valence-electron chi connectivity index (χ2n) is 5.24. The highest BCUT2D eigenvalue weighted by Crippen LogP contribution is 2.39. The topological polar surface area (TPSA) is 83.6 Å². The first kappa shape index (κ1) is 15.3. The fourth-order valence-electron chi connectivity index (χ4n) is 2.74. The van der Waals surface area contributed by atoms with Crippen LogP contribution in [0.15, 0.2) is 27.6 Å². The van der Waals surface area contributed by atoms with E-state index in [4.69, 9.17) is 16.1 Å². The molecule has 2 aromatic rings. The van der Waals surface area contributed by atoms with E-state index in [-0.39, 0.29) is 17.2 Å². The van der Waals surface area contributed by atoms with E-state index >= 15 is 0 Å². The summed E-state index contributed by atoms with van der Waals surface area (Å²) in [5.74, 6) is 0.249. The predicted molar refractivity (Wildman–Crippen MR) is 81.5 cm³/mol. The Bertz CT molecular complexity index is 812. The van der Waals surface area contributed by atoms with Gasteiger partial charge in [-0.05, 0) is 38.5 Å². The van der Waals surface area contributed by atoms with Crippen LogP contribution in [0.2, 0.25) is 5.02 Å². The number of halogens is 1. The summed E-state index contributed by atoms with van der Waals surface area (Å²) in [4.78, 5) is 0.0739. The Morgan fingerprint density at radius 3 is 2.77 bits per heavy atom. The molecule has 22 heavy (non-hydrogen) atoms. The average Bonchev–Trinajstić information content (AvgIpc) is 2.79. The number of nitrogens with zero attached hydrogens (tertiary/aromatic N) is 2. The number of sulfonamides is 1. The largest absolute Gasteiger partial charge is 0.388 e. The Kier molecular flexibility index (Phi) is 3.66. The third kappa shape index (κ3) is 2.29. The van der Waals surface area contributed by atoms with Crippen LogP contribution in [0.3, 0.4) is 0 Å². The van der Waals surface area contributed by atoms with E-state index in [1.807, 2.05) is 0 Å². The highest BCUT2D eigenvalue weighted by Gasteiger charge is 2.36. The molecule has 1 N–H and O–H groups in total. The lowest BCUT2D eigenvalue weighted by Gasteiger charge is -2.32. The summed E-state index contributed by atoms with van der Waals surface area (Å²) in [7, 11) is -3.81. The van der Waals surface area contributed by atoms with Crippen LogP contribution in [0.1, 0.15) is 29.5 Å². The molecule has 0 saturated heterocycles. The molecule has 1 unspecified atom stereocenters. The summed E-state index contributed by atoms with van der Waals surface area (Å²) in [6.45, 7) is 3.33. The number of anilines is 1. The average molecular weight is 343 g/mol. The third-order valence-electron chi connectivity index (χ3n) is 3.74. The number of hydrogen-bond donors (Lipinski definition) is 1. The number of aliphatic hydroxyl groups excluding tert-OH is 1. The highest BCUT2D eigenvalue weighted by atomic mass is 35.5. The molecule has 1 atom stereocenters. The minimum atomic E-state index is -3.81. The lowest BCUT2D eigenvalue weighted by atomic mass is 10.0. The van der Waals surface area contributed by atoms with Gasteiger partial charge in [0.15, 0.2) is 10.7 Å². The summed E-state index contributed by atoms with van der Waals surface area (Å²) >= 11 is 5.95. The first-order valence-electron chi connectivity index (χ1n) is 6.75. The minimum absolute atomic E-state index is 0.0739. The Hall–Kier alpha value is -1.57. The van der Waals surface area contributed by atoms with Crippen molar-refractivity contribution >= 4 is 27.3 Å². The second kappa shape index (κ2) is 5.26.